The summed E-state index contributed by atoms with van der Waals surface area (Å²) >= 11 is 1.76. The van der Waals surface area contributed by atoms with Gasteiger partial charge in [-0.3, -0.25) is 0 Å². The third-order valence-electron chi connectivity index (χ3n) is 2.69. The van der Waals surface area contributed by atoms with Crippen LogP contribution in [-0.2, 0) is 0 Å². The Balaban J connectivity index is 3.16. The Morgan fingerprint density at radius 1 is 0.923 bits per heavy atom. The summed E-state index contributed by atoms with van der Waals surface area (Å²) < 4.78 is 1.55. The van der Waals surface area contributed by atoms with Crippen LogP contribution in [0.25, 0.3) is 0 Å². The molecule has 3 radical (unpaired) electrons. The van der Waals surface area contributed by atoms with Gasteiger partial charge < -0.3 is 0 Å². The fourth-order valence-corrected chi connectivity index (χ4v) is 4.37. The van der Waals surface area contributed by atoms with Crippen molar-refractivity contribution in [1.29, 1.82) is 0 Å². The molecule has 0 saturated heterocycles. The van der Waals surface area contributed by atoms with Crippen LogP contribution in [0.3, 0.4) is 0 Å². The predicted octanol–water partition coefficient (Wildman–Crippen LogP) is 4.18. The van der Waals surface area contributed by atoms with Gasteiger partial charge in [0.05, 0.1) is 0 Å². The first-order chi connectivity index (χ1) is 6.12. The summed E-state index contributed by atoms with van der Waals surface area (Å²) in [5, 5.41) is 0. The van der Waals surface area contributed by atoms with Crippen LogP contribution in [0.4, 0.5) is 0 Å². The van der Waals surface area contributed by atoms with E-state index in [4.69, 9.17) is 0 Å². The minimum atomic E-state index is -0.706. The molecule has 0 unspecified atom stereocenters. The van der Waals surface area contributed by atoms with Gasteiger partial charge in [0.25, 0.3) is 0 Å². The van der Waals surface area contributed by atoms with Crippen molar-refractivity contribution in [2.45, 2.75) is 68.6 Å². The maximum atomic E-state index is 2.55. The van der Waals surface area contributed by atoms with Gasteiger partial charge in [-0.2, -0.15) is 0 Å². The molecule has 0 aliphatic carbocycles. The van der Waals surface area contributed by atoms with Crippen molar-refractivity contribution in [1.82, 2.24) is 0 Å². The Hall–Kier alpha value is 1.02. The zero-order valence-corrected chi connectivity index (χ0v) is 13.5. The van der Waals surface area contributed by atoms with Gasteiger partial charge in [0, 0.05) is 0 Å². The molecule has 0 atom stereocenters. The molecular formula is C11H25SiSn. The molecule has 0 aromatic carbocycles. The zero-order valence-electron chi connectivity index (χ0n) is 9.66. The summed E-state index contributed by atoms with van der Waals surface area (Å²) in [5.41, 5.74) is 0. The van der Waals surface area contributed by atoms with Crippen LogP contribution >= 0.6 is 0 Å². The van der Waals surface area contributed by atoms with Crippen LogP contribution in [0, 0.1) is 0 Å². The minimum absolute atomic E-state index is 0.706. The zero-order chi connectivity index (χ0) is 10.2. The van der Waals surface area contributed by atoms with E-state index in [1.807, 2.05) is 0 Å². The fourth-order valence-electron chi connectivity index (χ4n) is 1.47. The van der Waals surface area contributed by atoms with E-state index in [2.05, 4.69) is 20.0 Å². The van der Waals surface area contributed by atoms with E-state index in [0.29, 0.717) is 0 Å². The van der Waals surface area contributed by atoms with E-state index < -0.39 is 8.07 Å². The molecule has 0 spiro atoms. The first-order valence-electron chi connectivity index (χ1n) is 5.77. The van der Waals surface area contributed by atoms with Crippen molar-refractivity contribution in [3.05, 3.63) is 0 Å². The molecule has 0 aromatic rings. The van der Waals surface area contributed by atoms with Crippen LogP contribution < -0.4 is 0 Å². The van der Waals surface area contributed by atoms with Crippen molar-refractivity contribution in [2.75, 3.05) is 0 Å². The van der Waals surface area contributed by atoms with Crippen molar-refractivity contribution >= 4 is 30.6 Å². The molecule has 77 valence electrons. The van der Waals surface area contributed by atoms with Crippen molar-refractivity contribution < 1.29 is 0 Å². The average molecular weight is 304 g/mol. The molecule has 0 aliphatic heterocycles. The van der Waals surface area contributed by atoms with Gasteiger partial charge in [-0.25, -0.2) is 0 Å². The van der Waals surface area contributed by atoms with Gasteiger partial charge in [0.15, 0.2) is 0 Å². The van der Waals surface area contributed by atoms with E-state index in [-0.39, 0.29) is 0 Å². The third-order valence-corrected chi connectivity index (χ3v) is 13.5. The average Bonchev–Trinajstić information content (AvgIpc) is 2.11. The molecule has 0 fully saturated rings. The van der Waals surface area contributed by atoms with Crippen LogP contribution in [0.15, 0.2) is 0 Å². The van der Waals surface area contributed by atoms with Crippen molar-refractivity contribution in [2.24, 2.45) is 0 Å². The molecule has 2 heteroatoms. The van der Waals surface area contributed by atoms with Crippen molar-refractivity contribution in [3.63, 3.8) is 0 Å². The van der Waals surface area contributed by atoms with Gasteiger partial charge in [0.2, 0.25) is 0 Å². The molecule has 0 saturated carbocycles. The molecule has 13 heavy (non-hydrogen) atoms. The second-order valence-electron chi connectivity index (χ2n) is 4.86. The van der Waals surface area contributed by atoms with E-state index in [0.717, 1.165) is 0 Å². The Labute approximate surface area is 99.0 Å². The quantitative estimate of drug-likeness (QED) is 0.466. The van der Waals surface area contributed by atoms with Crippen LogP contribution in [0.1, 0.15) is 45.4 Å². The van der Waals surface area contributed by atoms with Gasteiger partial charge in [0.1, 0.15) is 0 Å². The van der Waals surface area contributed by atoms with E-state index in [1.54, 1.807) is 32.6 Å². The molecule has 0 heterocycles. The monoisotopic (exact) mass is 305 g/mol. The Morgan fingerprint density at radius 3 is 2.00 bits per heavy atom. The maximum absolute atomic E-state index is 2.55. The normalized spacial score (nSPS) is 12.0. The van der Waals surface area contributed by atoms with Gasteiger partial charge in [-0.15, -0.1) is 0 Å². The van der Waals surface area contributed by atoms with Crippen LogP contribution in [0.2, 0.25) is 23.2 Å². The summed E-state index contributed by atoms with van der Waals surface area (Å²) in [7, 11) is -0.706. The molecule has 0 amide bonds. The SMILES string of the molecule is CCCCCCCC[Si](C)(C)[CH2][Sn]. The summed E-state index contributed by atoms with van der Waals surface area (Å²) in [5.74, 6) is 0. The third kappa shape index (κ3) is 9.32. The van der Waals surface area contributed by atoms with E-state index >= 15 is 0 Å². The topological polar surface area (TPSA) is 0 Å². The van der Waals surface area contributed by atoms with Gasteiger partial charge in [-0.05, 0) is 0 Å². The number of unbranched alkanes of at least 4 members (excludes halogenated alkanes) is 5. The van der Waals surface area contributed by atoms with E-state index in [1.165, 1.54) is 38.5 Å². The molecular weight excluding hydrogens is 279 g/mol. The van der Waals surface area contributed by atoms with Crippen molar-refractivity contribution in [3.8, 4) is 0 Å². The Kier molecular flexibility index (Phi) is 8.99. The first kappa shape index (κ1) is 14.0. The summed E-state index contributed by atoms with van der Waals surface area (Å²) in [6.07, 6.45) is 8.77. The van der Waals surface area contributed by atoms with Crippen LogP contribution in [-0.4, -0.2) is 30.6 Å². The summed E-state index contributed by atoms with van der Waals surface area (Å²) in [6, 6.07) is 1.57. The number of rotatable bonds is 8. The molecule has 0 bridgehead atoms. The second kappa shape index (κ2) is 8.33. The molecule has 0 aromatic heterocycles. The number of hydrogen-bond acceptors (Lipinski definition) is 0. The number of hydrogen-bond donors (Lipinski definition) is 0. The van der Waals surface area contributed by atoms with E-state index in [9.17, 15) is 0 Å². The summed E-state index contributed by atoms with van der Waals surface area (Å²) in [6.45, 7) is 7.39. The predicted molar refractivity (Wildman–Crippen MR) is 66.2 cm³/mol. The van der Waals surface area contributed by atoms with Gasteiger partial charge >= 0.3 is 99.2 Å². The fraction of sp³-hybridized carbons (Fsp3) is 1.00. The van der Waals surface area contributed by atoms with Crippen LogP contribution in [0.5, 0.6) is 0 Å². The molecule has 0 nitrogen and oxygen atoms in total. The first-order valence-corrected chi connectivity index (χ1v) is 11.2. The van der Waals surface area contributed by atoms with Gasteiger partial charge in [-0.1, -0.05) is 0 Å². The molecule has 0 N–H and O–H groups in total. The second-order valence-corrected chi connectivity index (χ2v) is 13.1. The molecule has 0 rings (SSSR count). The standard InChI is InChI=1S/C11H25Si.Sn/c1-5-6-7-8-9-10-11-12(2,3)4;/h2,5-11H2,1,3-4H3;. The molecule has 0 aliphatic rings. The Bertz CT molecular complexity index is 113. The summed E-state index contributed by atoms with van der Waals surface area (Å²) in [4.78, 5) is 0. The Morgan fingerprint density at radius 2 is 1.46 bits per heavy atom.